The van der Waals surface area contributed by atoms with Crippen molar-refractivity contribution in [3.63, 3.8) is 0 Å². The van der Waals surface area contributed by atoms with E-state index in [0.29, 0.717) is 0 Å². The third kappa shape index (κ3) is 5.33. The van der Waals surface area contributed by atoms with Crippen molar-refractivity contribution in [3.05, 3.63) is 47.4 Å². The molecular formula is C22H24ClFN4O3. The van der Waals surface area contributed by atoms with Crippen molar-refractivity contribution in [2.45, 2.75) is 6.37 Å². The van der Waals surface area contributed by atoms with Gasteiger partial charge < -0.3 is 19.5 Å². The fraction of sp³-hybridized carbons (Fsp3) is 0.364. The van der Waals surface area contributed by atoms with E-state index in [2.05, 4.69) is 20.0 Å². The molecule has 0 spiro atoms. The minimum Gasteiger partial charge on any atom is -0.493 e. The van der Waals surface area contributed by atoms with Gasteiger partial charge in [0, 0.05) is 47.6 Å². The van der Waals surface area contributed by atoms with E-state index >= 15 is 0 Å². The van der Waals surface area contributed by atoms with Gasteiger partial charge in [0.05, 0.1) is 52.4 Å². The van der Waals surface area contributed by atoms with Crippen molar-refractivity contribution in [2.24, 2.45) is 0 Å². The Morgan fingerprint density at radius 2 is 2.13 bits per heavy atom. The first-order valence-corrected chi connectivity index (χ1v) is 8.50. The second kappa shape index (κ2) is 10.1. The van der Waals surface area contributed by atoms with Gasteiger partial charge in [-0.05, 0) is 30.5 Å². The molecule has 3 aromatic rings. The molecule has 1 aromatic heterocycles. The van der Waals surface area contributed by atoms with Crippen LogP contribution in [0.25, 0.3) is 10.9 Å². The van der Waals surface area contributed by atoms with Crippen LogP contribution in [0.4, 0.5) is 15.9 Å². The number of aromatic nitrogens is 2. The zero-order valence-electron chi connectivity index (χ0n) is 35.3. The van der Waals surface area contributed by atoms with E-state index in [9.17, 15) is 4.39 Å². The van der Waals surface area contributed by atoms with Crippen LogP contribution in [-0.2, 0) is 4.74 Å². The first-order chi connectivity index (χ1) is 22.9. The van der Waals surface area contributed by atoms with Gasteiger partial charge in [0.25, 0.3) is 0 Å². The number of ether oxygens (including phenoxy) is 3. The molecule has 0 radical (unpaired) electrons. The summed E-state index contributed by atoms with van der Waals surface area (Å²) in [4.78, 5) is 6.64. The number of hydrogen-bond acceptors (Lipinski definition) is 7. The molecule has 1 aliphatic rings. The minimum atomic E-state index is -4.38. The summed E-state index contributed by atoms with van der Waals surface area (Å²) >= 11 is 5.79. The third-order valence-corrected chi connectivity index (χ3v) is 3.70. The largest absolute Gasteiger partial charge is 0.493 e. The Morgan fingerprint density at radius 1 is 1.29 bits per heavy atom. The molecule has 2 aromatic carbocycles. The van der Waals surface area contributed by atoms with Gasteiger partial charge in [-0.1, -0.05) is 11.6 Å². The van der Waals surface area contributed by atoms with Crippen LogP contribution in [0.3, 0.4) is 0 Å². The van der Waals surface area contributed by atoms with Crippen molar-refractivity contribution in [3.8, 4) is 11.5 Å². The Labute approximate surface area is 213 Å². The Kier molecular flexibility index (Phi) is 2.61. The molecule has 0 bridgehead atoms. The third-order valence-electron chi connectivity index (χ3n) is 3.43. The molecule has 7 nitrogen and oxygen atoms in total. The summed E-state index contributed by atoms with van der Waals surface area (Å²) in [6.07, 6.45) is -5.20. The molecule has 1 N–H and O–H groups in total. The standard InChI is InChI=1S/C22H24ClFN4O3/c1-29-20-13-19-16(12-21(20)31-8-2-5-28-6-9-30-10-7-28)22(26-14-25-19)27-15-3-4-18(24)17(23)11-15/h3-4,11-14H,2,5-10H2,1H3,(H,25,26,27)/i2D2,3D,4D,5D2,6D2,7D2,8D2,9D2,10D2,11D,12D,13D,14D. The van der Waals surface area contributed by atoms with Crippen LogP contribution < -0.4 is 14.8 Å². The van der Waals surface area contributed by atoms with Crippen molar-refractivity contribution in [1.29, 1.82) is 0 Å². The molecule has 0 unspecified atom stereocenters. The maximum Gasteiger partial charge on any atom is 0.162 e. The monoisotopic (exact) mass is 466 g/mol. The number of methoxy groups -OCH3 is 1. The van der Waals surface area contributed by atoms with Crippen LogP contribution in [0, 0.1) is 5.82 Å². The molecule has 1 aliphatic heterocycles. The number of hydrogen-bond donors (Lipinski definition) is 1. The Balaban J connectivity index is 1.95. The zero-order valence-corrected chi connectivity index (χ0v) is 16.1. The highest BCUT2D eigenvalue weighted by molar-refractivity contribution is 6.31. The number of anilines is 2. The van der Waals surface area contributed by atoms with Crippen LogP contribution in [0.15, 0.2) is 36.5 Å². The molecule has 31 heavy (non-hydrogen) atoms. The smallest absolute Gasteiger partial charge is 0.162 e. The summed E-state index contributed by atoms with van der Waals surface area (Å²) in [5, 5.41) is 0.773. The van der Waals surface area contributed by atoms with Crippen molar-refractivity contribution in [2.75, 3.05) is 51.6 Å². The number of nitrogens with zero attached hydrogens (tertiary/aromatic N) is 3. The van der Waals surface area contributed by atoms with E-state index in [0.717, 1.165) is 7.11 Å². The van der Waals surface area contributed by atoms with Crippen LogP contribution in [-0.4, -0.2) is 61.1 Å². The highest BCUT2D eigenvalue weighted by Crippen LogP contribution is 2.35. The van der Waals surface area contributed by atoms with Gasteiger partial charge in [0.15, 0.2) is 11.5 Å². The second-order valence-electron chi connectivity index (χ2n) is 5.32. The Bertz CT molecular complexity index is 1880. The molecular weight excluding hydrogens is 423 g/mol. The van der Waals surface area contributed by atoms with Gasteiger partial charge in [0.2, 0.25) is 0 Å². The van der Waals surface area contributed by atoms with Gasteiger partial charge in [-0.15, -0.1) is 0 Å². The van der Waals surface area contributed by atoms with E-state index in [4.69, 9.17) is 48.5 Å². The average Bonchev–Trinajstić information content (AvgIpc) is 2.97. The molecule has 1 saturated heterocycles. The summed E-state index contributed by atoms with van der Waals surface area (Å²) in [7, 11) is 0.882. The lowest BCUT2D eigenvalue weighted by Gasteiger charge is -2.26. The van der Waals surface area contributed by atoms with Gasteiger partial charge in [0.1, 0.15) is 19.3 Å². The highest BCUT2D eigenvalue weighted by Gasteiger charge is 2.14. The topological polar surface area (TPSA) is 68.7 Å². The number of nitrogens with one attached hydrogen (secondary N) is 1. The molecule has 164 valence electrons. The second-order valence-corrected chi connectivity index (χ2v) is 5.70. The number of morpholine rings is 1. The quantitative estimate of drug-likeness (QED) is 0.531. The fourth-order valence-electron chi connectivity index (χ4n) is 2.15. The maximum atomic E-state index is 14.3. The molecule has 4 rings (SSSR count). The summed E-state index contributed by atoms with van der Waals surface area (Å²) in [6, 6.07) is -4.84. The zero-order chi connectivity index (χ0) is 39.4. The molecule has 2 heterocycles. The highest BCUT2D eigenvalue weighted by atomic mass is 35.5. The van der Waals surface area contributed by atoms with E-state index in [1.807, 2.05) is 0 Å². The lowest BCUT2D eigenvalue weighted by Crippen LogP contribution is -2.37. The van der Waals surface area contributed by atoms with E-state index < -0.39 is 132 Å². The SMILES string of the molecule is [2H]c1nc(Nc2c([2H])c([2H])c(F)c(Cl)c2[2H])c2c([2H])c(OC([2H])([2H])C([2H])([2H])C([2H])([2H])N3C([2H])([2H])C([2H])([2H])OC([2H])([2H])C3([2H])[2H])c(OC)c([2H])c2n1. The van der Waals surface area contributed by atoms with Crippen LogP contribution in [0.1, 0.15) is 33.8 Å². The molecule has 0 aliphatic carbocycles. The first-order valence-electron chi connectivity index (χ1n) is 18.1. The van der Waals surface area contributed by atoms with Crippen LogP contribution in [0.5, 0.6) is 11.5 Å². The van der Waals surface area contributed by atoms with Crippen molar-refractivity contribution in [1.82, 2.24) is 14.9 Å². The van der Waals surface area contributed by atoms with E-state index in [1.54, 1.807) is 0 Å². The summed E-state index contributed by atoms with van der Waals surface area (Å²) in [5.74, 6) is -4.18. The molecule has 0 amide bonds. The minimum absolute atomic E-state index is 0.595. The van der Waals surface area contributed by atoms with Crippen molar-refractivity contribution >= 4 is 34.0 Å². The fourth-order valence-corrected chi connectivity index (χ4v) is 2.29. The Hall–Kier alpha value is -2.68. The van der Waals surface area contributed by atoms with E-state index in [1.165, 1.54) is 0 Å². The molecule has 1 fully saturated rings. The molecule has 9 heteroatoms. The molecule has 0 atom stereocenters. The van der Waals surface area contributed by atoms with E-state index in [-0.39, 0.29) is 0 Å². The van der Waals surface area contributed by atoms with Gasteiger partial charge >= 0.3 is 0 Å². The van der Waals surface area contributed by atoms with Gasteiger partial charge in [-0.25, -0.2) is 14.4 Å². The van der Waals surface area contributed by atoms with Gasteiger partial charge in [-0.3, -0.25) is 4.90 Å². The predicted molar refractivity (Wildman–Crippen MR) is 118 cm³/mol. The number of fused-ring (bicyclic) bond motifs is 1. The number of halogens is 2. The van der Waals surface area contributed by atoms with Crippen molar-refractivity contribution < 1.29 is 46.0 Å². The maximum absolute atomic E-state index is 14.3. The summed E-state index contributed by atoms with van der Waals surface area (Å²) in [6.45, 7) is -24.4. The Morgan fingerprint density at radius 3 is 2.94 bits per heavy atom. The van der Waals surface area contributed by atoms with Gasteiger partial charge in [-0.2, -0.15) is 0 Å². The van der Waals surface area contributed by atoms with Crippen LogP contribution in [0.2, 0.25) is 5.02 Å². The average molecular weight is 467 g/mol. The predicted octanol–water partition coefficient (Wildman–Crippen LogP) is 4.28. The first kappa shape index (κ1) is 8.03. The van der Waals surface area contributed by atoms with Crippen LogP contribution >= 0.6 is 11.6 Å². The number of rotatable bonds is 8. The summed E-state index contributed by atoms with van der Waals surface area (Å²) in [5.41, 5.74) is -1.27. The summed E-state index contributed by atoms with van der Waals surface area (Å²) < 4.78 is 193. The molecule has 0 saturated carbocycles. The lowest BCUT2D eigenvalue weighted by atomic mass is 10.2. The normalized spacial score (nSPS) is 31.8. The number of benzene rings is 2. The lowest BCUT2D eigenvalue weighted by molar-refractivity contribution is 0.0357.